The van der Waals surface area contributed by atoms with E-state index in [0.29, 0.717) is 16.8 Å². The molecule has 1 saturated heterocycles. The first kappa shape index (κ1) is 18.4. The Morgan fingerprint density at radius 2 is 1.48 bits per heavy atom. The number of ketones is 1. The minimum atomic E-state index is -0.944. The molecule has 0 aromatic heterocycles. The van der Waals surface area contributed by atoms with Crippen LogP contribution in [-0.2, 0) is 9.59 Å². The zero-order valence-electron chi connectivity index (χ0n) is 15.1. The summed E-state index contributed by atoms with van der Waals surface area (Å²) in [7, 11) is 0. The van der Waals surface area contributed by atoms with Gasteiger partial charge in [-0.2, -0.15) is 0 Å². The van der Waals surface area contributed by atoms with Crippen molar-refractivity contribution in [1.29, 1.82) is 0 Å². The van der Waals surface area contributed by atoms with E-state index < -0.39 is 23.5 Å². The van der Waals surface area contributed by atoms with Gasteiger partial charge in [0.2, 0.25) is 0 Å². The second-order valence-electron chi connectivity index (χ2n) is 6.60. The Morgan fingerprint density at radius 3 is 2.10 bits per heavy atom. The third-order valence-electron chi connectivity index (χ3n) is 4.81. The molecule has 4 rings (SSSR count). The molecule has 1 aliphatic rings. The van der Waals surface area contributed by atoms with Crippen molar-refractivity contribution in [2.24, 2.45) is 0 Å². The highest BCUT2D eigenvalue weighted by Gasteiger charge is 2.46. The second-order valence-corrected chi connectivity index (χ2v) is 6.60. The van der Waals surface area contributed by atoms with Crippen molar-refractivity contribution in [3.63, 3.8) is 0 Å². The van der Waals surface area contributed by atoms with E-state index in [4.69, 9.17) is 0 Å². The maximum absolute atomic E-state index is 13.5. The molecule has 0 bridgehead atoms. The molecule has 0 aliphatic carbocycles. The van der Waals surface area contributed by atoms with E-state index in [2.05, 4.69) is 0 Å². The number of rotatable bonds is 3. The van der Waals surface area contributed by atoms with Gasteiger partial charge in [0, 0.05) is 11.3 Å². The predicted octanol–water partition coefficient (Wildman–Crippen LogP) is 4.16. The topological polar surface area (TPSA) is 77.8 Å². The summed E-state index contributed by atoms with van der Waals surface area (Å²) < 4.78 is 13.5. The molecule has 144 valence electrons. The van der Waals surface area contributed by atoms with Gasteiger partial charge in [-0.1, -0.05) is 42.5 Å². The van der Waals surface area contributed by atoms with Gasteiger partial charge in [0.15, 0.2) is 0 Å². The van der Waals surface area contributed by atoms with E-state index in [1.54, 1.807) is 30.3 Å². The number of carbonyl (C=O) groups is 2. The number of anilines is 1. The van der Waals surface area contributed by atoms with Gasteiger partial charge < -0.3 is 10.2 Å². The molecular weight excluding hydrogens is 373 g/mol. The Bertz CT molecular complexity index is 1110. The van der Waals surface area contributed by atoms with Crippen molar-refractivity contribution in [2.75, 3.05) is 4.90 Å². The Hall–Kier alpha value is -3.93. The summed E-state index contributed by atoms with van der Waals surface area (Å²) in [5.74, 6) is -2.41. The lowest BCUT2D eigenvalue weighted by atomic mass is 9.95. The average Bonchev–Trinajstić information content (AvgIpc) is 3.00. The average molecular weight is 389 g/mol. The van der Waals surface area contributed by atoms with Crippen LogP contribution >= 0.6 is 0 Å². The minimum Gasteiger partial charge on any atom is -0.508 e. The summed E-state index contributed by atoms with van der Waals surface area (Å²) in [4.78, 5) is 27.0. The lowest BCUT2D eigenvalue weighted by Crippen LogP contribution is -2.29. The molecule has 1 amide bonds. The summed E-state index contributed by atoms with van der Waals surface area (Å²) in [6, 6.07) is 18.7. The van der Waals surface area contributed by atoms with Crippen LogP contribution in [0.25, 0.3) is 5.76 Å². The van der Waals surface area contributed by atoms with Crippen LogP contribution in [-0.4, -0.2) is 21.9 Å². The van der Waals surface area contributed by atoms with E-state index >= 15 is 0 Å². The molecule has 1 aliphatic heterocycles. The Morgan fingerprint density at radius 1 is 0.862 bits per heavy atom. The first-order valence-corrected chi connectivity index (χ1v) is 8.88. The number of carbonyl (C=O) groups excluding carboxylic acids is 2. The van der Waals surface area contributed by atoms with Gasteiger partial charge in [-0.05, 0) is 42.0 Å². The molecule has 1 atom stereocenters. The zero-order valence-corrected chi connectivity index (χ0v) is 15.1. The summed E-state index contributed by atoms with van der Waals surface area (Å²) in [5.41, 5.74) is 1.15. The molecule has 0 radical (unpaired) electrons. The number of aromatic hydroxyl groups is 1. The molecule has 0 spiro atoms. The fourth-order valence-corrected chi connectivity index (χ4v) is 3.42. The van der Waals surface area contributed by atoms with E-state index in [1.165, 1.54) is 53.4 Å². The fraction of sp³-hybridized carbons (Fsp3) is 0.0435. The van der Waals surface area contributed by atoms with Crippen LogP contribution in [0, 0.1) is 5.82 Å². The number of phenols is 1. The van der Waals surface area contributed by atoms with Gasteiger partial charge in [-0.25, -0.2) is 4.39 Å². The summed E-state index contributed by atoms with van der Waals surface area (Å²) >= 11 is 0. The van der Waals surface area contributed by atoms with Gasteiger partial charge in [0.05, 0.1) is 11.6 Å². The Balaban J connectivity index is 1.94. The summed E-state index contributed by atoms with van der Waals surface area (Å²) in [5, 5.41) is 20.4. The highest BCUT2D eigenvalue weighted by atomic mass is 19.1. The maximum Gasteiger partial charge on any atom is 0.300 e. The maximum atomic E-state index is 13.5. The highest BCUT2D eigenvalue weighted by molar-refractivity contribution is 6.51. The van der Waals surface area contributed by atoms with Crippen molar-refractivity contribution in [2.45, 2.75) is 6.04 Å². The normalized spacial score (nSPS) is 18.2. The SMILES string of the molecule is O=C1C(=O)N(c2ccc(O)cc2)C(c2ccc(F)cc2)/C1=C(\O)c1ccccc1. The van der Waals surface area contributed by atoms with Crippen LogP contribution in [0.15, 0.2) is 84.4 Å². The largest absolute Gasteiger partial charge is 0.508 e. The fourth-order valence-electron chi connectivity index (χ4n) is 3.42. The van der Waals surface area contributed by atoms with Gasteiger partial charge >= 0.3 is 0 Å². The predicted molar refractivity (Wildman–Crippen MR) is 106 cm³/mol. The molecule has 1 heterocycles. The van der Waals surface area contributed by atoms with E-state index in [0.717, 1.165) is 0 Å². The molecule has 5 nitrogen and oxygen atoms in total. The Kier molecular flexibility index (Phi) is 4.60. The first-order valence-electron chi connectivity index (χ1n) is 8.88. The number of amides is 1. The molecule has 1 unspecified atom stereocenters. The number of hydrogen-bond acceptors (Lipinski definition) is 4. The summed E-state index contributed by atoms with van der Waals surface area (Å²) in [6.45, 7) is 0. The van der Waals surface area contributed by atoms with Gasteiger partial charge in [-0.3, -0.25) is 14.5 Å². The van der Waals surface area contributed by atoms with Crippen LogP contribution in [0.1, 0.15) is 17.2 Å². The number of halogens is 1. The van der Waals surface area contributed by atoms with Crippen LogP contribution in [0.4, 0.5) is 10.1 Å². The van der Waals surface area contributed by atoms with Crippen molar-refractivity contribution in [3.8, 4) is 5.75 Å². The molecule has 0 saturated carbocycles. The third-order valence-corrected chi connectivity index (χ3v) is 4.81. The molecule has 2 N–H and O–H groups in total. The first-order chi connectivity index (χ1) is 14.0. The van der Waals surface area contributed by atoms with Gasteiger partial charge in [0.1, 0.15) is 17.3 Å². The smallest absolute Gasteiger partial charge is 0.300 e. The molecule has 3 aromatic rings. The monoisotopic (exact) mass is 389 g/mol. The van der Waals surface area contributed by atoms with Crippen LogP contribution in [0.5, 0.6) is 5.75 Å². The van der Waals surface area contributed by atoms with E-state index in [-0.39, 0.29) is 17.1 Å². The number of benzene rings is 3. The number of hydrogen-bond donors (Lipinski definition) is 2. The number of Topliss-reactive ketones (excluding diaryl/α,β-unsaturated/α-hetero) is 1. The molecule has 29 heavy (non-hydrogen) atoms. The van der Waals surface area contributed by atoms with Crippen LogP contribution in [0.3, 0.4) is 0 Å². The van der Waals surface area contributed by atoms with Crippen molar-refractivity contribution >= 4 is 23.1 Å². The van der Waals surface area contributed by atoms with Gasteiger partial charge in [0.25, 0.3) is 11.7 Å². The van der Waals surface area contributed by atoms with Crippen molar-refractivity contribution in [1.82, 2.24) is 0 Å². The molecule has 3 aromatic carbocycles. The number of aliphatic hydroxyl groups excluding tert-OH is 1. The molecular formula is C23H16FNO4. The summed E-state index contributed by atoms with van der Waals surface area (Å²) in [6.07, 6.45) is 0. The lowest BCUT2D eigenvalue weighted by molar-refractivity contribution is -0.132. The zero-order chi connectivity index (χ0) is 20.5. The number of phenolic OH excluding ortho intramolecular Hbond substituents is 1. The second kappa shape index (κ2) is 7.24. The molecule has 6 heteroatoms. The Labute approximate surface area is 166 Å². The number of nitrogens with zero attached hydrogens (tertiary/aromatic N) is 1. The lowest BCUT2D eigenvalue weighted by Gasteiger charge is -2.25. The van der Waals surface area contributed by atoms with E-state index in [9.17, 15) is 24.2 Å². The standard InChI is InChI=1S/C23H16FNO4/c24-16-8-6-14(7-9-16)20-19(21(27)15-4-2-1-3-5-15)22(28)23(29)25(20)17-10-12-18(26)13-11-17/h1-13,20,26-27H/b21-19+. The van der Waals surface area contributed by atoms with E-state index in [1.807, 2.05) is 0 Å². The van der Waals surface area contributed by atoms with Crippen LogP contribution in [0.2, 0.25) is 0 Å². The highest BCUT2D eigenvalue weighted by Crippen LogP contribution is 2.42. The van der Waals surface area contributed by atoms with Crippen molar-refractivity contribution < 1.29 is 24.2 Å². The van der Waals surface area contributed by atoms with Crippen LogP contribution < -0.4 is 4.90 Å². The molecule has 1 fully saturated rings. The van der Waals surface area contributed by atoms with Crippen molar-refractivity contribution in [3.05, 3.63) is 101 Å². The number of aliphatic hydroxyl groups is 1. The third kappa shape index (κ3) is 3.25. The van der Waals surface area contributed by atoms with Gasteiger partial charge in [-0.15, -0.1) is 0 Å². The quantitative estimate of drug-likeness (QED) is 0.401. The minimum absolute atomic E-state index is 0.00736.